The van der Waals surface area contributed by atoms with Crippen molar-refractivity contribution in [1.29, 1.82) is 5.26 Å². The van der Waals surface area contributed by atoms with Crippen molar-refractivity contribution < 1.29 is 14.0 Å². The highest BCUT2D eigenvalue weighted by Crippen LogP contribution is 2.34. The summed E-state index contributed by atoms with van der Waals surface area (Å²) in [5, 5.41) is 14.9. The Labute approximate surface area is 133 Å². The number of fused-ring (bicyclic) bond motifs is 1. The Hall–Kier alpha value is -2.42. The predicted molar refractivity (Wildman–Crippen MR) is 82.0 cm³/mol. The van der Waals surface area contributed by atoms with Gasteiger partial charge in [0.2, 0.25) is 11.8 Å². The van der Waals surface area contributed by atoms with Gasteiger partial charge in [0.1, 0.15) is 11.4 Å². The van der Waals surface area contributed by atoms with Crippen LogP contribution in [0.25, 0.3) is 0 Å². The highest BCUT2D eigenvalue weighted by Gasteiger charge is 2.38. The van der Waals surface area contributed by atoms with E-state index in [0.29, 0.717) is 24.1 Å². The molecular weight excluding hydrogens is 297 g/mol. The Morgan fingerprint density at radius 2 is 2.09 bits per heavy atom. The molecule has 0 aromatic heterocycles. The minimum Gasteiger partial charge on any atom is -0.337 e. The molecule has 120 valence electrons. The van der Waals surface area contributed by atoms with Crippen LogP contribution in [0.1, 0.15) is 50.0 Å². The van der Waals surface area contributed by atoms with Crippen LogP contribution in [0.15, 0.2) is 18.2 Å². The van der Waals surface area contributed by atoms with Crippen LogP contribution in [0.2, 0.25) is 0 Å². The van der Waals surface area contributed by atoms with Gasteiger partial charge in [-0.2, -0.15) is 5.26 Å². The van der Waals surface area contributed by atoms with Crippen molar-refractivity contribution in [3.8, 4) is 6.07 Å². The second-order valence-corrected chi connectivity index (χ2v) is 6.28. The Balaban J connectivity index is 1.85. The molecule has 2 N–H and O–H groups in total. The quantitative estimate of drug-likeness (QED) is 0.880. The van der Waals surface area contributed by atoms with E-state index in [2.05, 4.69) is 16.7 Å². The maximum absolute atomic E-state index is 13.3. The summed E-state index contributed by atoms with van der Waals surface area (Å²) in [5.74, 6) is -1.81. The lowest BCUT2D eigenvalue weighted by atomic mass is 9.81. The van der Waals surface area contributed by atoms with Crippen LogP contribution in [0.5, 0.6) is 0 Å². The number of benzene rings is 1. The van der Waals surface area contributed by atoms with Crippen molar-refractivity contribution in [2.24, 2.45) is 0 Å². The monoisotopic (exact) mass is 315 g/mol. The van der Waals surface area contributed by atoms with Gasteiger partial charge >= 0.3 is 0 Å². The molecule has 1 saturated carbocycles. The third-order valence-corrected chi connectivity index (χ3v) is 4.65. The zero-order chi connectivity index (χ0) is 16.4. The van der Waals surface area contributed by atoms with E-state index < -0.39 is 17.3 Å². The van der Waals surface area contributed by atoms with Gasteiger partial charge in [-0.1, -0.05) is 25.3 Å². The van der Waals surface area contributed by atoms with Gasteiger partial charge in [-0.15, -0.1) is 0 Å². The summed E-state index contributed by atoms with van der Waals surface area (Å²) in [5.41, 5.74) is 0.0761. The number of anilines is 1. The first-order chi connectivity index (χ1) is 11.0. The molecule has 23 heavy (non-hydrogen) atoms. The number of nitrogens with zero attached hydrogens (tertiary/aromatic N) is 1. The van der Waals surface area contributed by atoms with E-state index in [0.717, 1.165) is 19.3 Å². The van der Waals surface area contributed by atoms with Crippen LogP contribution < -0.4 is 10.6 Å². The fourth-order valence-electron chi connectivity index (χ4n) is 3.41. The zero-order valence-electron chi connectivity index (χ0n) is 12.7. The van der Waals surface area contributed by atoms with Crippen LogP contribution >= 0.6 is 0 Å². The molecule has 1 fully saturated rings. The lowest BCUT2D eigenvalue weighted by Crippen LogP contribution is -2.51. The van der Waals surface area contributed by atoms with E-state index in [1.807, 2.05) is 0 Å². The van der Waals surface area contributed by atoms with Gasteiger partial charge in [0.05, 0.1) is 12.0 Å². The van der Waals surface area contributed by atoms with E-state index in [1.165, 1.54) is 18.2 Å². The third kappa shape index (κ3) is 3.04. The fraction of sp³-hybridized carbons (Fsp3) is 0.471. The second kappa shape index (κ2) is 5.99. The summed E-state index contributed by atoms with van der Waals surface area (Å²) in [4.78, 5) is 24.5. The van der Waals surface area contributed by atoms with Gasteiger partial charge in [-0.3, -0.25) is 9.59 Å². The number of carbonyl (C=O) groups is 2. The maximum atomic E-state index is 13.3. The van der Waals surface area contributed by atoms with Gasteiger partial charge < -0.3 is 10.6 Å². The summed E-state index contributed by atoms with van der Waals surface area (Å²) in [6.07, 6.45) is 4.13. The van der Waals surface area contributed by atoms with Gasteiger partial charge in [0, 0.05) is 12.1 Å². The van der Waals surface area contributed by atoms with Gasteiger partial charge in [-0.25, -0.2) is 4.39 Å². The van der Waals surface area contributed by atoms with Gasteiger partial charge in [-0.05, 0) is 30.5 Å². The van der Waals surface area contributed by atoms with E-state index in [1.54, 1.807) is 0 Å². The summed E-state index contributed by atoms with van der Waals surface area (Å²) < 4.78 is 13.3. The lowest BCUT2D eigenvalue weighted by Gasteiger charge is -2.34. The predicted octanol–water partition coefficient (Wildman–Crippen LogP) is 2.59. The average Bonchev–Trinajstić information content (AvgIpc) is 2.54. The zero-order valence-corrected chi connectivity index (χ0v) is 12.7. The number of hydrogen-bond donors (Lipinski definition) is 2. The molecule has 1 aliphatic heterocycles. The number of carbonyl (C=O) groups excluding carboxylic acids is 2. The highest BCUT2D eigenvalue weighted by molar-refractivity contribution is 6.01. The number of hydrogen-bond acceptors (Lipinski definition) is 3. The molecule has 1 unspecified atom stereocenters. The van der Waals surface area contributed by atoms with Crippen LogP contribution in [-0.4, -0.2) is 17.4 Å². The van der Waals surface area contributed by atoms with Crippen molar-refractivity contribution in [2.75, 3.05) is 5.32 Å². The largest absolute Gasteiger partial charge is 0.337 e. The molecule has 1 aromatic rings. The molecule has 1 atom stereocenters. The van der Waals surface area contributed by atoms with Crippen LogP contribution in [0.3, 0.4) is 0 Å². The lowest BCUT2D eigenvalue weighted by molar-refractivity contribution is -0.127. The normalized spacial score (nSPS) is 22.4. The second-order valence-electron chi connectivity index (χ2n) is 6.28. The molecule has 2 aliphatic rings. The summed E-state index contributed by atoms with van der Waals surface area (Å²) in [7, 11) is 0. The minimum atomic E-state index is -0.844. The molecule has 6 heteroatoms. The summed E-state index contributed by atoms with van der Waals surface area (Å²) in [6, 6.07) is 6.25. The van der Waals surface area contributed by atoms with Crippen LogP contribution in [0, 0.1) is 17.1 Å². The first kappa shape index (κ1) is 15.5. The van der Waals surface area contributed by atoms with Gasteiger partial charge in [0.25, 0.3) is 0 Å². The molecule has 3 rings (SSSR count). The molecule has 0 saturated heterocycles. The highest BCUT2D eigenvalue weighted by atomic mass is 19.1. The Kier molecular flexibility index (Phi) is 4.03. The van der Waals surface area contributed by atoms with Crippen LogP contribution in [0.4, 0.5) is 10.1 Å². The molecule has 0 spiro atoms. The SMILES string of the molecule is N#CC1(NC(=O)C2CC(=O)Nc3cc(F)ccc32)CCCCC1. The number of nitrogens with one attached hydrogen (secondary N) is 2. The standard InChI is InChI=1S/C17H18FN3O2/c18-11-4-5-12-13(9-15(22)20-14(12)8-11)16(23)21-17(10-19)6-2-1-3-7-17/h4-5,8,13H,1-3,6-7,9H2,(H,20,22)(H,21,23). The number of amides is 2. The molecule has 5 nitrogen and oxygen atoms in total. The topological polar surface area (TPSA) is 82.0 Å². The molecular formula is C17H18FN3O2. The van der Waals surface area contributed by atoms with Crippen molar-refractivity contribution >= 4 is 17.5 Å². The summed E-state index contributed by atoms with van der Waals surface area (Å²) >= 11 is 0. The molecule has 2 amide bonds. The van der Waals surface area contributed by atoms with Crippen molar-refractivity contribution in [3.63, 3.8) is 0 Å². The molecule has 0 radical (unpaired) electrons. The first-order valence-corrected chi connectivity index (χ1v) is 7.86. The molecule has 1 aliphatic carbocycles. The van der Waals surface area contributed by atoms with Crippen molar-refractivity contribution in [2.45, 2.75) is 50.0 Å². The van der Waals surface area contributed by atoms with Crippen molar-refractivity contribution in [1.82, 2.24) is 5.32 Å². The Morgan fingerprint density at radius 3 is 2.78 bits per heavy atom. The van der Waals surface area contributed by atoms with E-state index in [4.69, 9.17) is 0 Å². The van der Waals surface area contributed by atoms with Crippen molar-refractivity contribution in [3.05, 3.63) is 29.6 Å². The number of rotatable bonds is 2. The number of halogens is 1. The maximum Gasteiger partial charge on any atom is 0.229 e. The van der Waals surface area contributed by atoms with Crippen LogP contribution in [-0.2, 0) is 9.59 Å². The minimum absolute atomic E-state index is 0.00593. The number of nitriles is 1. The third-order valence-electron chi connectivity index (χ3n) is 4.65. The first-order valence-electron chi connectivity index (χ1n) is 7.86. The Morgan fingerprint density at radius 1 is 1.35 bits per heavy atom. The summed E-state index contributed by atoms with van der Waals surface area (Å²) in [6.45, 7) is 0. The van der Waals surface area contributed by atoms with E-state index in [9.17, 15) is 19.2 Å². The van der Waals surface area contributed by atoms with E-state index in [-0.39, 0.29) is 18.2 Å². The molecule has 1 aromatic carbocycles. The molecule has 1 heterocycles. The Bertz CT molecular complexity index is 690. The average molecular weight is 315 g/mol. The van der Waals surface area contributed by atoms with Gasteiger partial charge in [0.15, 0.2) is 0 Å². The smallest absolute Gasteiger partial charge is 0.229 e. The fourth-order valence-corrected chi connectivity index (χ4v) is 3.41. The van der Waals surface area contributed by atoms with E-state index >= 15 is 0 Å². The molecule has 0 bridgehead atoms.